The Hall–Kier alpha value is -3.31. The van der Waals surface area contributed by atoms with Gasteiger partial charge < -0.3 is 19.8 Å². The second-order valence-electron chi connectivity index (χ2n) is 5.13. The molecule has 1 aromatic heterocycles. The first-order valence-corrected chi connectivity index (χ1v) is 7.79. The molecule has 0 saturated heterocycles. The molecule has 0 unspecified atom stereocenters. The second kappa shape index (κ2) is 8.69. The maximum atomic E-state index is 11.9. The number of hydrogen-bond donors (Lipinski definition) is 2. The number of amides is 2. The number of carbonyl (C=O) groups is 3. The highest BCUT2D eigenvalue weighted by atomic mass is 35.5. The van der Waals surface area contributed by atoms with E-state index in [0.717, 1.165) is 0 Å². The number of nitriles is 1. The van der Waals surface area contributed by atoms with Crippen LogP contribution in [0.5, 0.6) is 0 Å². The predicted molar refractivity (Wildman–Crippen MR) is 91.4 cm³/mol. The van der Waals surface area contributed by atoms with Crippen LogP contribution in [0.3, 0.4) is 0 Å². The summed E-state index contributed by atoms with van der Waals surface area (Å²) in [5.74, 6) is -1.98. The molecule has 2 rings (SSSR count). The first-order valence-electron chi connectivity index (χ1n) is 7.41. The lowest BCUT2D eigenvalue weighted by atomic mass is 10.2. The van der Waals surface area contributed by atoms with Gasteiger partial charge in [0.25, 0.3) is 11.8 Å². The summed E-state index contributed by atoms with van der Waals surface area (Å²) in [4.78, 5) is 35.5. The minimum atomic E-state index is -0.985. The van der Waals surface area contributed by atoms with Crippen molar-refractivity contribution in [1.29, 1.82) is 5.26 Å². The Bertz CT molecular complexity index is 858. The molecule has 26 heavy (non-hydrogen) atoms. The van der Waals surface area contributed by atoms with Crippen molar-refractivity contribution in [3.8, 4) is 6.07 Å². The summed E-state index contributed by atoms with van der Waals surface area (Å²) in [6, 6.07) is 8.28. The Morgan fingerprint density at radius 3 is 2.77 bits per heavy atom. The van der Waals surface area contributed by atoms with Crippen LogP contribution in [0.25, 0.3) is 0 Å². The monoisotopic (exact) mass is 375 g/mol. The molecule has 1 heterocycles. The summed E-state index contributed by atoms with van der Waals surface area (Å²) in [6.45, 7) is 0.822. The van der Waals surface area contributed by atoms with E-state index in [0.29, 0.717) is 5.02 Å². The largest absolute Gasteiger partial charge is 0.459 e. The van der Waals surface area contributed by atoms with Gasteiger partial charge in [-0.15, -0.1) is 0 Å². The summed E-state index contributed by atoms with van der Waals surface area (Å²) in [5, 5.41) is 14.2. The van der Waals surface area contributed by atoms with E-state index in [-0.39, 0.29) is 17.0 Å². The topological polar surface area (TPSA) is 121 Å². The molecule has 1 atom stereocenters. The van der Waals surface area contributed by atoms with Gasteiger partial charge in [0, 0.05) is 5.02 Å². The number of halogens is 1. The summed E-state index contributed by atoms with van der Waals surface area (Å²) in [6.07, 6.45) is 1.33. The fraction of sp³-hybridized carbons (Fsp3) is 0.176. The maximum absolute atomic E-state index is 11.9. The van der Waals surface area contributed by atoms with Gasteiger partial charge in [-0.2, -0.15) is 5.26 Å². The average molecular weight is 376 g/mol. The Kier molecular flexibility index (Phi) is 6.36. The highest BCUT2D eigenvalue weighted by Crippen LogP contribution is 2.20. The molecule has 2 amide bonds. The predicted octanol–water partition coefficient (Wildman–Crippen LogP) is 2.10. The molecule has 134 valence electrons. The minimum absolute atomic E-state index is 0.0485. The summed E-state index contributed by atoms with van der Waals surface area (Å²) < 4.78 is 9.75. The van der Waals surface area contributed by atoms with Gasteiger partial charge in [-0.05, 0) is 37.3 Å². The van der Waals surface area contributed by atoms with E-state index in [1.165, 1.54) is 43.5 Å². The van der Waals surface area contributed by atoms with Crippen molar-refractivity contribution in [2.24, 2.45) is 0 Å². The van der Waals surface area contributed by atoms with Crippen molar-refractivity contribution in [3.63, 3.8) is 0 Å². The van der Waals surface area contributed by atoms with Crippen molar-refractivity contribution < 1.29 is 23.5 Å². The van der Waals surface area contributed by atoms with E-state index < -0.39 is 30.4 Å². The molecule has 0 fully saturated rings. The number of rotatable bonds is 6. The smallest absolute Gasteiger partial charge is 0.328 e. The maximum Gasteiger partial charge on any atom is 0.328 e. The zero-order chi connectivity index (χ0) is 19.1. The molecular weight excluding hydrogens is 362 g/mol. The quantitative estimate of drug-likeness (QED) is 0.745. The van der Waals surface area contributed by atoms with E-state index in [4.69, 9.17) is 26.0 Å². The highest BCUT2D eigenvalue weighted by molar-refractivity contribution is 6.31. The molecular formula is C17H14ClN3O5. The first kappa shape index (κ1) is 19.0. The number of anilines is 1. The molecule has 9 heteroatoms. The second-order valence-corrected chi connectivity index (χ2v) is 5.57. The third-order valence-electron chi connectivity index (χ3n) is 3.17. The van der Waals surface area contributed by atoms with Crippen LogP contribution in [0.1, 0.15) is 23.0 Å². The van der Waals surface area contributed by atoms with Gasteiger partial charge in [-0.1, -0.05) is 11.6 Å². The van der Waals surface area contributed by atoms with Crippen molar-refractivity contribution in [1.82, 2.24) is 5.32 Å². The number of benzene rings is 1. The van der Waals surface area contributed by atoms with Crippen molar-refractivity contribution in [3.05, 3.63) is 52.9 Å². The van der Waals surface area contributed by atoms with Crippen LogP contribution in [0, 0.1) is 11.3 Å². The lowest BCUT2D eigenvalue weighted by Crippen LogP contribution is -2.40. The number of ether oxygens (including phenoxy) is 1. The van der Waals surface area contributed by atoms with E-state index in [1.807, 2.05) is 6.07 Å². The van der Waals surface area contributed by atoms with Crippen LogP contribution in [0.2, 0.25) is 5.02 Å². The molecule has 0 aliphatic carbocycles. The van der Waals surface area contributed by atoms with Crippen LogP contribution >= 0.6 is 11.6 Å². The lowest BCUT2D eigenvalue weighted by molar-refractivity contribution is -0.148. The van der Waals surface area contributed by atoms with Crippen LogP contribution in [-0.4, -0.2) is 30.4 Å². The zero-order valence-corrected chi connectivity index (χ0v) is 14.4. The van der Waals surface area contributed by atoms with Crippen LogP contribution in [-0.2, 0) is 14.3 Å². The molecule has 2 N–H and O–H groups in total. The lowest BCUT2D eigenvalue weighted by Gasteiger charge is -2.13. The summed E-state index contributed by atoms with van der Waals surface area (Å²) in [5.41, 5.74) is 0.424. The molecule has 0 saturated carbocycles. The molecule has 0 bridgehead atoms. The molecule has 1 aromatic carbocycles. The van der Waals surface area contributed by atoms with Crippen molar-refractivity contribution >= 4 is 35.1 Å². The molecule has 8 nitrogen and oxygen atoms in total. The Morgan fingerprint density at radius 1 is 1.35 bits per heavy atom. The van der Waals surface area contributed by atoms with Crippen LogP contribution in [0.15, 0.2) is 41.0 Å². The van der Waals surface area contributed by atoms with Gasteiger partial charge in [0.05, 0.1) is 17.5 Å². The van der Waals surface area contributed by atoms with E-state index in [2.05, 4.69) is 10.6 Å². The third kappa shape index (κ3) is 5.09. The standard InChI is InChI=1S/C17H14ClN3O5/c1-10(20-16(23)14-3-2-6-25-14)17(24)26-9-15(22)21-13-7-12(18)5-4-11(13)8-19/h2-7,10H,9H2,1H3,(H,20,23)(H,21,22)/t10-/m0/s1. The molecule has 0 radical (unpaired) electrons. The molecule has 2 aromatic rings. The van der Waals surface area contributed by atoms with E-state index in [1.54, 1.807) is 0 Å². The normalized spacial score (nSPS) is 11.1. The van der Waals surface area contributed by atoms with Gasteiger partial charge in [0.2, 0.25) is 0 Å². The fourth-order valence-electron chi connectivity index (χ4n) is 1.90. The third-order valence-corrected chi connectivity index (χ3v) is 3.40. The average Bonchev–Trinajstić information content (AvgIpc) is 3.14. The number of carbonyl (C=O) groups excluding carboxylic acids is 3. The number of hydrogen-bond acceptors (Lipinski definition) is 6. The number of esters is 1. The number of nitrogens with zero attached hydrogens (tertiary/aromatic N) is 1. The molecule has 0 spiro atoms. The summed E-state index contributed by atoms with van der Waals surface area (Å²) >= 11 is 5.82. The van der Waals surface area contributed by atoms with Gasteiger partial charge >= 0.3 is 5.97 Å². The summed E-state index contributed by atoms with van der Waals surface area (Å²) in [7, 11) is 0. The zero-order valence-electron chi connectivity index (χ0n) is 13.6. The molecule has 0 aliphatic heterocycles. The van der Waals surface area contributed by atoms with Gasteiger partial charge in [-0.25, -0.2) is 4.79 Å². The minimum Gasteiger partial charge on any atom is -0.459 e. The van der Waals surface area contributed by atoms with Gasteiger partial charge in [-0.3, -0.25) is 9.59 Å². The van der Waals surface area contributed by atoms with Gasteiger partial charge in [0.15, 0.2) is 12.4 Å². The fourth-order valence-corrected chi connectivity index (χ4v) is 2.07. The first-order chi connectivity index (χ1) is 12.4. The number of nitrogens with one attached hydrogen (secondary N) is 2. The highest BCUT2D eigenvalue weighted by Gasteiger charge is 2.20. The van der Waals surface area contributed by atoms with Crippen molar-refractivity contribution in [2.75, 3.05) is 11.9 Å². The molecule has 0 aliphatic rings. The van der Waals surface area contributed by atoms with E-state index >= 15 is 0 Å². The number of furan rings is 1. The van der Waals surface area contributed by atoms with E-state index in [9.17, 15) is 14.4 Å². The van der Waals surface area contributed by atoms with Crippen LogP contribution in [0.4, 0.5) is 5.69 Å². The van der Waals surface area contributed by atoms with Gasteiger partial charge in [0.1, 0.15) is 12.1 Å². The SMILES string of the molecule is C[C@H](NC(=O)c1ccco1)C(=O)OCC(=O)Nc1cc(Cl)ccc1C#N. The Morgan fingerprint density at radius 2 is 2.12 bits per heavy atom. The Labute approximate surface area is 153 Å². The van der Waals surface area contributed by atoms with Crippen molar-refractivity contribution in [2.45, 2.75) is 13.0 Å². The van der Waals surface area contributed by atoms with Crippen LogP contribution < -0.4 is 10.6 Å². The Balaban J connectivity index is 1.85.